The van der Waals surface area contributed by atoms with Crippen molar-refractivity contribution in [1.29, 1.82) is 0 Å². The molecule has 0 aliphatic heterocycles. The Kier molecular flexibility index (Phi) is 8.55. The number of rotatable bonds is 8. The molecule has 0 rings (SSSR count). The van der Waals surface area contributed by atoms with E-state index >= 15 is 0 Å². The fraction of sp³-hybridized carbons (Fsp3) is 0.200. The van der Waals surface area contributed by atoms with E-state index in [1.54, 1.807) is 0 Å². The molecule has 0 aromatic rings. The van der Waals surface area contributed by atoms with Crippen molar-refractivity contribution in [3.8, 4) is 0 Å². The van der Waals surface area contributed by atoms with Gasteiger partial charge in [-0.25, -0.2) is 0 Å². The highest BCUT2D eigenvalue weighted by molar-refractivity contribution is 5.32. The third-order valence-electron chi connectivity index (χ3n) is 2.08. The maximum Gasteiger partial charge on any atom is 0.127 e. The molecule has 0 atom stereocenters. The van der Waals surface area contributed by atoms with E-state index in [0.717, 1.165) is 22.3 Å². The minimum absolute atomic E-state index is 0.698. The molecule has 0 N–H and O–H groups in total. The average molecular weight is 282 g/mol. The largest absolute Gasteiger partial charge is 0.457 e. The molecular weight excluding hydrogens is 256 g/mol. The highest BCUT2D eigenvalue weighted by Gasteiger charge is 1.99. The van der Waals surface area contributed by atoms with E-state index in [0.29, 0.717) is 11.5 Å². The maximum atomic E-state index is 5.92. The topological polar surface area (TPSA) is 9.23 Å². The predicted molar refractivity (Wildman–Crippen MR) is 94.8 cm³/mol. The molecule has 0 fully saturated rings. The first kappa shape index (κ1) is 18.7. The van der Waals surface area contributed by atoms with Crippen molar-refractivity contribution < 1.29 is 4.74 Å². The van der Waals surface area contributed by atoms with Crippen LogP contribution in [0.3, 0.4) is 0 Å². The van der Waals surface area contributed by atoms with Gasteiger partial charge in [-0.2, -0.15) is 0 Å². The second-order valence-electron chi connectivity index (χ2n) is 5.25. The number of ether oxygens (including phenoxy) is 1. The van der Waals surface area contributed by atoms with Crippen molar-refractivity contribution in [2.45, 2.75) is 27.7 Å². The fourth-order valence-electron chi connectivity index (χ4n) is 1.29. The number of hydrogen-bond donors (Lipinski definition) is 0. The summed E-state index contributed by atoms with van der Waals surface area (Å²) in [5.41, 5.74) is 3.73. The SMILES string of the molecule is C=C(C)C=CC(=CC(=C)C)OC(C=CC(=C)C)=CC(=C)C. The van der Waals surface area contributed by atoms with Crippen molar-refractivity contribution in [3.63, 3.8) is 0 Å². The van der Waals surface area contributed by atoms with Gasteiger partial charge in [0.2, 0.25) is 0 Å². The number of allylic oxidation sites excluding steroid dienone is 10. The van der Waals surface area contributed by atoms with Crippen LogP contribution in [0, 0.1) is 0 Å². The molecule has 0 aliphatic carbocycles. The second kappa shape index (κ2) is 9.60. The normalized spacial score (nSPS) is 12.8. The molecule has 0 aliphatic rings. The standard InChI is InChI=1S/C20H26O/c1-15(2)9-11-19(13-17(5)6)21-20(14-18(7)8)12-10-16(3)4/h9-14H,1,3,5,7H2,2,4,6,8H3. The summed E-state index contributed by atoms with van der Waals surface area (Å²) in [6.45, 7) is 23.2. The Morgan fingerprint density at radius 1 is 0.571 bits per heavy atom. The molecule has 0 bridgehead atoms. The Labute approximate surface area is 129 Å². The van der Waals surface area contributed by atoms with E-state index in [-0.39, 0.29) is 0 Å². The van der Waals surface area contributed by atoms with Crippen molar-refractivity contribution in [1.82, 2.24) is 0 Å². The van der Waals surface area contributed by atoms with E-state index in [9.17, 15) is 0 Å². The van der Waals surface area contributed by atoms with Crippen LogP contribution in [0.4, 0.5) is 0 Å². The van der Waals surface area contributed by atoms with Crippen molar-refractivity contribution >= 4 is 0 Å². The van der Waals surface area contributed by atoms with Crippen molar-refractivity contribution in [2.24, 2.45) is 0 Å². The molecule has 0 saturated heterocycles. The molecule has 0 unspecified atom stereocenters. The average Bonchev–Trinajstić information content (AvgIpc) is 2.31. The summed E-state index contributed by atoms with van der Waals surface area (Å²) in [4.78, 5) is 0. The lowest BCUT2D eigenvalue weighted by Gasteiger charge is -2.08. The monoisotopic (exact) mass is 282 g/mol. The molecule has 0 amide bonds. The van der Waals surface area contributed by atoms with Crippen LogP contribution < -0.4 is 0 Å². The summed E-state index contributed by atoms with van der Waals surface area (Å²) >= 11 is 0. The highest BCUT2D eigenvalue weighted by Crippen LogP contribution is 2.15. The van der Waals surface area contributed by atoms with Gasteiger partial charge in [0, 0.05) is 0 Å². The Bertz CT molecular complexity index is 498. The van der Waals surface area contributed by atoms with Gasteiger partial charge in [0.15, 0.2) is 0 Å². The van der Waals surface area contributed by atoms with Gasteiger partial charge in [0.1, 0.15) is 11.5 Å². The Hall–Kier alpha value is -2.28. The molecule has 112 valence electrons. The van der Waals surface area contributed by atoms with Gasteiger partial charge in [0.05, 0.1) is 0 Å². The van der Waals surface area contributed by atoms with E-state index in [2.05, 4.69) is 26.3 Å². The van der Waals surface area contributed by atoms with Gasteiger partial charge in [-0.3, -0.25) is 0 Å². The zero-order valence-electron chi connectivity index (χ0n) is 13.7. The van der Waals surface area contributed by atoms with E-state index in [1.165, 1.54) is 0 Å². The minimum atomic E-state index is 0.698. The first-order valence-corrected chi connectivity index (χ1v) is 6.80. The van der Waals surface area contributed by atoms with E-state index < -0.39 is 0 Å². The minimum Gasteiger partial charge on any atom is -0.457 e. The Morgan fingerprint density at radius 3 is 1.14 bits per heavy atom. The summed E-state index contributed by atoms with van der Waals surface area (Å²) in [5.74, 6) is 1.40. The Morgan fingerprint density at radius 2 is 0.905 bits per heavy atom. The molecule has 0 heterocycles. The zero-order chi connectivity index (χ0) is 16.4. The summed E-state index contributed by atoms with van der Waals surface area (Å²) in [6, 6.07) is 0. The van der Waals surface area contributed by atoms with Gasteiger partial charge in [0.25, 0.3) is 0 Å². The van der Waals surface area contributed by atoms with Crippen LogP contribution in [-0.2, 0) is 4.74 Å². The molecule has 1 nitrogen and oxygen atoms in total. The van der Waals surface area contributed by atoms with Crippen LogP contribution in [0.1, 0.15) is 27.7 Å². The zero-order valence-corrected chi connectivity index (χ0v) is 13.7. The molecule has 1 heteroatoms. The molecule has 0 radical (unpaired) electrons. The quantitative estimate of drug-likeness (QED) is 0.381. The predicted octanol–water partition coefficient (Wildman–Crippen LogP) is 6.19. The van der Waals surface area contributed by atoms with E-state index in [1.807, 2.05) is 64.2 Å². The molecule has 0 aromatic heterocycles. The van der Waals surface area contributed by atoms with Crippen LogP contribution in [0.2, 0.25) is 0 Å². The third-order valence-corrected chi connectivity index (χ3v) is 2.08. The van der Waals surface area contributed by atoms with Crippen LogP contribution in [-0.4, -0.2) is 0 Å². The molecule has 0 aromatic carbocycles. The lowest BCUT2D eigenvalue weighted by molar-refractivity contribution is 0.335. The molecule has 0 saturated carbocycles. The van der Waals surface area contributed by atoms with Crippen molar-refractivity contribution in [3.05, 3.63) is 96.6 Å². The van der Waals surface area contributed by atoms with Gasteiger partial charge < -0.3 is 4.74 Å². The van der Waals surface area contributed by atoms with Crippen LogP contribution in [0.25, 0.3) is 0 Å². The van der Waals surface area contributed by atoms with Gasteiger partial charge in [-0.05, 0) is 52.0 Å². The molecule has 21 heavy (non-hydrogen) atoms. The molecule has 0 spiro atoms. The van der Waals surface area contributed by atoms with Crippen LogP contribution >= 0.6 is 0 Å². The lowest BCUT2D eigenvalue weighted by Crippen LogP contribution is -1.91. The fourth-order valence-corrected chi connectivity index (χ4v) is 1.29. The summed E-state index contributed by atoms with van der Waals surface area (Å²) < 4.78 is 5.92. The molecular formula is C20H26O. The smallest absolute Gasteiger partial charge is 0.127 e. The van der Waals surface area contributed by atoms with Gasteiger partial charge >= 0.3 is 0 Å². The highest BCUT2D eigenvalue weighted by atomic mass is 16.5. The number of hydrogen-bond acceptors (Lipinski definition) is 1. The first-order chi connectivity index (χ1) is 9.70. The first-order valence-electron chi connectivity index (χ1n) is 6.80. The Balaban J connectivity index is 5.40. The summed E-state index contributed by atoms with van der Waals surface area (Å²) in [7, 11) is 0. The third kappa shape index (κ3) is 11.3. The van der Waals surface area contributed by atoms with Crippen molar-refractivity contribution in [2.75, 3.05) is 0 Å². The van der Waals surface area contributed by atoms with Gasteiger partial charge in [-0.15, -0.1) is 0 Å². The van der Waals surface area contributed by atoms with E-state index in [4.69, 9.17) is 4.74 Å². The summed E-state index contributed by atoms with van der Waals surface area (Å²) in [5, 5.41) is 0. The van der Waals surface area contributed by atoms with Crippen LogP contribution in [0.15, 0.2) is 96.6 Å². The van der Waals surface area contributed by atoms with Gasteiger partial charge in [-0.1, -0.05) is 60.8 Å². The van der Waals surface area contributed by atoms with Crippen LogP contribution in [0.5, 0.6) is 0 Å². The second-order valence-corrected chi connectivity index (χ2v) is 5.25. The summed E-state index contributed by atoms with van der Waals surface area (Å²) in [6.07, 6.45) is 11.3. The maximum absolute atomic E-state index is 5.92. The lowest BCUT2D eigenvalue weighted by atomic mass is 10.2.